The number of benzene rings is 3. The largest absolute Gasteiger partial charge is 0.493 e. The summed E-state index contributed by atoms with van der Waals surface area (Å²) in [5.41, 5.74) is 7.96. The number of methoxy groups -OCH3 is 2. The number of hydrogen-bond acceptors (Lipinski definition) is 5. The van der Waals surface area contributed by atoms with Gasteiger partial charge in [0.15, 0.2) is 11.5 Å². The molecule has 0 bridgehead atoms. The SMILES string of the molecule is COc1cc2c(cc1OC)[C@H](CC(O)c1ccc(C(F)(F)F)cc1)N([C@@H](C(N)=O)c1ccccc1)CC2. The van der Waals surface area contributed by atoms with Crippen LogP contribution in [-0.2, 0) is 17.4 Å². The molecule has 0 radical (unpaired) electrons. The molecule has 1 aliphatic heterocycles. The van der Waals surface area contributed by atoms with Gasteiger partial charge in [0.25, 0.3) is 0 Å². The fourth-order valence-corrected chi connectivity index (χ4v) is 5.02. The van der Waals surface area contributed by atoms with Crippen LogP contribution in [0.15, 0.2) is 66.7 Å². The van der Waals surface area contributed by atoms with Crippen LogP contribution in [0.3, 0.4) is 0 Å². The van der Waals surface area contributed by atoms with E-state index in [1.165, 1.54) is 19.2 Å². The van der Waals surface area contributed by atoms with Crippen LogP contribution in [0.5, 0.6) is 11.5 Å². The Balaban J connectivity index is 1.76. The molecule has 1 unspecified atom stereocenters. The van der Waals surface area contributed by atoms with E-state index in [-0.39, 0.29) is 6.42 Å². The summed E-state index contributed by atoms with van der Waals surface area (Å²) >= 11 is 0. The van der Waals surface area contributed by atoms with E-state index in [1.807, 2.05) is 47.4 Å². The van der Waals surface area contributed by atoms with Gasteiger partial charge in [-0.25, -0.2) is 0 Å². The Morgan fingerprint density at radius 2 is 1.65 bits per heavy atom. The van der Waals surface area contributed by atoms with Crippen LogP contribution >= 0.6 is 0 Å². The fourth-order valence-electron chi connectivity index (χ4n) is 5.02. The Morgan fingerprint density at radius 1 is 1.03 bits per heavy atom. The predicted octanol–water partition coefficient (Wildman–Crippen LogP) is 4.97. The van der Waals surface area contributed by atoms with Crippen molar-refractivity contribution in [1.29, 1.82) is 0 Å². The highest BCUT2D eigenvalue weighted by molar-refractivity contribution is 5.81. The monoisotopic (exact) mass is 514 g/mol. The van der Waals surface area contributed by atoms with Crippen molar-refractivity contribution < 1.29 is 32.5 Å². The third-order valence-electron chi connectivity index (χ3n) is 6.83. The number of nitrogens with two attached hydrogens (primary N) is 1. The average molecular weight is 515 g/mol. The highest BCUT2D eigenvalue weighted by atomic mass is 19.4. The van der Waals surface area contributed by atoms with Crippen molar-refractivity contribution >= 4 is 5.91 Å². The number of carbonyl (C=O) groups excluding carboxylic acids is 1. The normalized spacial score (nSPS) is 17.5. The van der Waals surface area contributed by atoms with Gasteiger partial charge >= 0.3 is 6.18 Å². The number of fused-ring (bicyclic) bond motifs is 1. The second-order valence-electron chi connectivity index (χ2n) is 9.00. The molecule has 0 aliphatic carbocycles. The molecule has 0 fully saturated rings. The molecule has 1 aliphatic rings. The quantitative estimate of drug-likeness (QED) is 0.443. The number of rotatable bonds is 8. The Hall–Kier alpha value is -3.56. The number of primary amides is 1. The van der Waals surface area contributed by atoms with Crippen molar-refractivity contribution in [3.05, 3.63) is 94.5 Å². The lowest BCUT2D eigenvalue weighted by atomic mass is 9.85. The number of alkyl halides is 3. The summed E-state index contributed by atoms with van der Waals surface area (Å²) in [5, 5.41) is 11.1. The van der Waals surface area contributed by atoms with Crippen molar-refractivity contribution in [2.75, 3.05) is 20.8 Å². The lowest BCUT2D eigenvalue weighted by molar-refractivity contribution is -0.137. The number of nitrogens with zero attached hydrogens (tertiary/aromatic N) is 1. The molecule has 6 nitrogen and oxygen atoms in total. The zero-order valence-corrected chi connectivity index (χ0v) is 20.5. The Morgan fingerprint density at radius 3 is 2.22 bits per heavy atom. The molecular weight excluding hydrogens is 485 g/mol. The van der Waals surface area contributed by atoms with E-state index in [2.05, 4.69) is 0 Å². The lowest BCUT2D eigenvalue weighted by Crippen LogP contribution is -2.44. The predicted molar refractivity (Wildman–Crippen MR) is 132 cm³/mol. The molecule has 4 rings (SSSR count). The molecule has 0 saturated carbocycles. The van der Waals surface area contributed by atoms with Crippen LogP contribution in [0.2, 0.25) is 0 Å². The van der Waals surface area contributed by atoms with E-state index < -0.39 is 35.8 Å². The molecule has 0 aromatic heterocycles. The molecule has 3 aromatic carbocycles. The number of hydrogen-bond donors (Lipinski definition) is 2. The van der Waals surface area contributed by atoms with Crippen LogP contribution in [0.4, 0.5) is 13.2 Å². The first-order valence-corrected chi connectivity index (χ1v) is 11.8. The molecule has 1 heterocycles. The van der Waals surface area contributed by atoms with Crippen molar-refractivity contribution in [3.8, 4) is 11.5 Å². The Kier molecular flexibility index (Phi) is 7.75. The van der Waals surface area contributed by atoms with Crippen LogP contribution in [0.25, 0.3) is 0 Å². The molecular formula is C28H29F3N2O4. The maximum atomic E-state index is 13.0. The van der Waals surface area contributed by atoms with Crippen molar-refractivity contribution in [2.24, 2.45) is 5.73 Å². The van der Waals surface area contributed by atoms with Crippen LogP contribution < -0.4 is 15.2 Å². The molecule has 0 spiro atoms. The van der Waals surface area contributed by atoms with Gasteiger partial charge in [-0.15, -0.1) is 0 Å². The minimum atomic E-state index is -4.47. The molecule has 0 saturated heterocycles. The lowest BCUT2D eigenvalue weighted by Gasteiger charge is -2.42. The number of aliphatic hydroxyl groups is 1. The first-order valence-electron chi connectivity index (χ1n) is 11.8. The summed E-state index contributed by atoms with van der Waals surface area (Å²) in [6.07, 6.45) is -4.86. The number of carbonyl (C=O) groups is 1. The molecule has 1 amide bonds. The maximum Gasteiger partial charge on any atom is 0.416 e. The van der Waals surface area contributed by atoms with Gasteiger partial charge in [-0.3, -0.25) is 9.69 Å². The zero-order chi connectivity index (χ0) is 26.7. The molecule has 196 valence electrons. The van der Waals surface area contributed by atoms with E-state index >= 15 is 0 Å². The maximum absolute atomic E-state index is 13.0. The van der Waals surface area contributed by atoms with Crippen LogP contribution in [0.1, 0.15) is 52.4 Å². The van der Waals surface area contributed by atoms with Gasteiger partial charge < -0.3 is 20.3 Å². The number of aliphatic hydroxyl groups excluding tert-OH is 1. The zero-order valence-electron chi connectivity index (χ0n) is 20.5. The summed E-state index contributed by atoms with van der Waals surface area (Å²) in [7, 11) is 3.07. The molecule has 37 heavy (non-hydrogen) atoms. The summed E-state index contributed by atoms with van der Waals surface area (Å²) < 4.78 is 50.1. The van der Waals surface area contributed by atoms with E-state index in [0.717, 1.165) is 23.3 Å². The molecule has 3 N–H and O–H groups in total. The fraction of sp³-hybridized carbons (Fsp3) is 0.321. The van der Waals surface area contributed by atoms with Gasteiger partial charge in [0.1, 0.15) is 6.04 Å². The van der Waals surface area contributed by atoms with Crippen LogP contribution in [0, 0.1) is 0 Å². The first kappa shape index (κ1) is 26.5. The first-order chi connectivity index (χ1) is 17.6. The van der Waals surface area contributed by atoms with Crippen molar-refractivity contribution in [3.63, 3.8) is 0 Å². The standard InChI is InChI=1S/C28H29F3N2O4/c1-36-24-14-19-12-13-33(26(27(32)35)18-6-4-3-5-7-18)22(21(19)15-25(24)37-2)16-23(34)17-8-10-20(11-9-17)28(29,30)31/h3-11,14-15,22-23,26,34H,12-13,16H2,1-2H3,(H2,32,35)/t22-,23?,26+/m0/s1. The highest BCUT2D eigenvalue weighted by Gasteiger charge is 2.38. The van der Waals surface area contributed by atoms with Gasteiger partial charge in [0, 0.05) is 12.6 Å². The van der Waals surface area contributed by atoms with Gasteiger partial charge in [0.05, 0.1) is 25.9 Å². The summed E-state index contributed by atoms with van der Waals surface area (Å²) in [6, 6.07) is 16.0. The van der Waals surface area contributed by atoms with Gasteiger partial charge in [-0.1, -0.05) is 42.5 Å². The third-order valence-corrected chi connectivity index (χ3v) is 6.83. The highest BCUT2D eigenvalue weighted by Crippen LogP contribution is 2.44. The molecule has 3 atom stereocenters. The van der Waals surface area contributed by atoms with Crippen molar-refractivity contribution in [2.45, 2.75) is 37.2 Å². The van der Waals surface area contributed by atoms with Gasteiger partial charge in [-0.2, -0.15) is 13.2 Å². The van der Waals surface area contributed by atoms with E-state index in [9.17, 15) is 23.1 Å². The second kappa shape index (κ2) is 10.8. The minimum absolute atomic E-state index is 0.116. The summed E-state index contributed by atoms with van der Waals surface area (Å²) in [6.45, 7) is 0.468. The molecule has 9 heteroatoms. The minimum Gasteiger partial charge on any atom is -0.493 e. The number of ether oxygens (including phenoxy) is 2. The van der Waals surface area contributed by atoms with Gasteiger partial charge in [0.2, 0.25) is 5.91 Å². The van der Waals surface area contributed by atoms with Crippen LogP contribution in [-0.4, -0.2) is 36.7 Å². The summed E-state index contributed by atoms with van der Waals surface area (Å²) in [5.74, 6) is 0.517. The van der Waals surface area contributed by atoms with E-state index in [0.29, 0.717) is 35.6 Å². The summed E-state index contributed by atoms with van der Waals surface area (Å²) in [4.78, 5) is 14.7. The smallest absolute Gasteiger partial charge is 0.416 e. The van der Waals surface area contributed by atoms with Crippen molar-refractivity contribution in [1.82, 2.24) is 4.90 Å². The number of halogens is 3. The third kappa shape index (κ3) is 5.57. The second-order valence-corrected chi connectivity index (χ2v) is 9.00. The van der Waals surface area contributed by atoms with E-state index in [4.69, 9.17) is 15.2 Å². The number of amides is 1. The Labute approximate surface area is 213 Å². The van der Waals surface area contributed by atoms with E-state index in [1.54, 1.807) is 7.11 Å². The molecule has 3 aromatic rings. The average Bonchev–Trinajstić information content (AvgIpc) is 2.89. The Bertz CT molecular complexity index is 1230. The topological polar surface area (TPSA) is 85.0 Å². The van der Waals surface area contributed by atoms with Gasteiger partial charge in [-0.05, 0) is 59.4 Å².